The molecular formula is C26H28N8O3. The lowest BCUT2D eigenvalue weighted by molar-refractivity contribution is -0.138. The Bertz CT molecular complexity index is 1510. The second-order valence-corrected chi connectivity index (χ2v) is 9.99. The minimum atomic E-state index is -0.487. The number of aliphatic hydroxyl groups is 1. The van der Waals surface area contributed by atoms with Crippen molar-refractivity contribution in [2.75, 3.05) is 12.3 Å². The second-order valence-electron chi connectivity index (χ2n) is 9.99. The Labute approximate surface area is 212 Å². The summed E-state index contributed by atoms with van der Waals surface area (Å²) in [7, 11) is 0. The first-order valence-corrected chi connectivity index (χ1v) is 12.4. The Morgan fingerprint density at radius 3 is 2.46 bits per heavy atom. The molecule has 0 aliphatic carbocycles. The van der Waals surface area contributed by atoms with Crippen molar-refractivity contribution in [3.8, 4) is 16.9 Å². The van der Waals surface area contributed by atoms with Gasteiger partial charge in [-0.25, -0.2) is 14.6 Å². The smallest absolute Gasteiger partial charge is 0.248 e. The van der Waals surface area contributed by atoms with E-state index in [1.54, 1.807) is 23.3 Å². The number of hydrogen-bond donors (Lipinski definition) is 2. The molecule has 2 fully saturated rings. The second kappa shape index (κ2) is 8.77. The number of aromatic nitrogens is 6. The molecule has 2 atom stereocenters. The maximum absolute atomic E-state index is 12.7. The quantitative estimate of drug-likeness (QED) is 0.397. The molecule has 0 unspecified atom stereocenters. The Kier molecular flexibility index (Phi) is 5.52. The van der Waals surface area contributed by atoms with Crippen LogP contribution in [0.5, 0.6) is 0 Å². The van der Waals surface area contributed by atoms with Gasteiger partial charge in [0.05, 0.1) is 23.7 Å². The molecule has 0 aromatic carbocycles. The highest BCUT2D eigenvalue weighted by Gasteiger charge is 2.44. The average molecular weight is 501 g/mol. The van der Waals surface area contributed by atoms with E-state index in [1.807, 2.05) is 30.2 Å². The lowest BCUT2D eigenvalue weighted by Crippen LogP contribution is -2.47. The summed E-state index contributed by atoms with van der Waals surface area (Å²) in [6.45, 7) is 2.98. The van der Waals surface area contributed by atoms with Crippen LogP contribution in [0.3, 0.4) is 0 Å². The van der Waals surface area contributed by atoms with Crippen LogP contribution in [-0.4, -0.2) is 69.7 Å². The predicted octanol–water partition coefficient (Wildman–Crippen LogP) is 2.30. The zero-order valence-corrected chi connectivity index (χ0v) is 20.7. The van der Waals surface area contributed by atoms with Crippen molar-refractivity contribution in [1.82, 2.24) is 34.3 Å². The maximum atomic E-state index is 12.7. The fourth-order valence-electron chi connectivity index (χ4n) is 6.00. The van der Waals surface area contributed by atoms with Crippen molar-refractivity contribution in [1.29, 1.82) is 0 Å². The minimum Gasteiger partial charge on any atom is -0.387 e. The minimum absolute atomic E-state index is 0.0227. The van der Waals surface area contributed by atoms with Crippen molar-refractivity contribution < 1.29 is 14.7 Å². The zero-order chi connectivity index (χ0) is 25.8. The molecule has 1 amide bonds. The van der Waals surface area contributed by atoms with Crippen LogP contribution < -0.4 is 5.73 Å². The molecule has 4 aromatic rings. The monoisotopic (exact) mass is 500 g/mol. The molecule has 3 N–H and O–H groups in total. The highest BCUT2D eigenvalue weighted by Crippen LogP contribution is 2.44. The SMILES string of the molecule is CC(=O)c1c(C2C[C@H]3CC[C@H](C2)N3C(=O)CO)nc2c(-c3ccc(-n4cc(C)cn4)nc3)cnn2c1N. The predicted molar refractivity (Wildman–Crippen MR) is 135 cm³/mol. The molecular weight excluding hydrogens is 472 g/mol. The van der Waals surface area contributed by atoms with Crippen molar-refractivity contribution in [2.24, 2.45) is 0 Å². The first-order chi connectivity index (χ1) is 17.9. The van der Waals surface area contributed by atoms with E-state index in [4.69, 9.17) is 10.7 Å². The number of Topliss-reactive ketones (excluding diaryl/α,β-unsaturated/α-hetero) is 1. The van der Waals surface area contributed by atoms with Crippen LogP contribution in [0.1, 0.15) is 60.1 Å². The number of aryl methyl sites for hydroxylation is 1. The van der Waals surface area contributed by atoms with Crippen molar-refractivity contribution in [3.05, 3.63) is 53.7 Å². The van der Waals surface area contributed by atoms with Gasteiger partial charge in [-0.15, -0.1) is 0 Å². The number of nitrogens with zero attached hydrogens (tertiary/aromatic N) is 7. The first kappa shape index (κ1) is 23.3. The number of piperidine rings is 1. The maximum Gasteiger partial charge on any atom is 0.248 e. The number of ketones is 1. The molecule has 6 heterocycles. The number of pyridine rings is 1. The molecule has 2 aliphatic heterocycles. The van der Waals surface area contributed by atoms with Crippen LogP contribution in [0.4, 0.5) is 5.82 Å². The largest absolute Gasteiger partial charge is 0.387 e. The molecule has 0 spiro atoms. The summed E-state index contributed by atoms with van der Waals surface area (Å²) in [4.78, 5) is 36.4. The molecule has 11 nitrogen and oxygen atoms in total. The summed E-state index contributed by atoms with van der Waals surface area (Å²) < 4.78 is 3.23. The van der Waals surface area contributed by atoms with Crippen LogP contribution in [0.25, 0.3) is 22.6 Å². The number of nitrogen functional groups attached to an aromatic ring is 1. The number of rotatable bonds is 5. The van der Waals surface area contributed by atoms with Crippen molar-refractivity contribution in [2.45, 2.75) is 57.5 Å². The van der Waals surface area contributed by atoms with Crippen molar-refractivity contribution in [3.63, 3.8) is 0 Å². The van der Waals surface area contributed by atoms with Gasteiger partial charge in [-0.1, -0.05) is 0 Å². The summed E-state index contributed by atoms with van der Waals surface area (Å²) in [6, 6.07) is 3.86. The molecule has 0 radical (unpaired) electrons. The number of fused-ring (bicyclic) bond motifs is 3. The summed E-state index contributed by atoms with van der Waals surface area (Å²) in [6.07, 6.45) is 10.2. The first-order valence-electron chi connectivity index (χ1n) is 12.4. The Balaban J connectivity index is 1.41. The Hall–Kier alpha value is -4.12. The van der Waals surface area contributed by atoms with E-state index in [2.05, 4.69) is 15.2 Å². The van der Waals surface area contributed by atoms with Crippen LogP contribution in [0, 0.1) is 6.92 Å². The van der Waals surface area contributed by atoms with E-state index in [-0.39, 0.29) is 35.5 Å². The van der Waals surface area contributed by atoms with E-state index in [0.717, 1.165) is 29.5 Å². The van der Waals surface area contributed by atoms with Gasteiger partial charge in [-0.05, 0) is 57.2 Å². The van der Waals surface area contributed by atoms with Crippen LogP contribution in [-0.2, 0) is 4.79 Å². The average Bonchev–Trinajstić information content (AvgIpc) is 3.59. The normalized spacial score (nSPS) is 21.1. The summed E-state index contributed by atoms with van der Waals surface area (Å²) >= 11 is 0. The molecule has 2 aliphatic rings. The van der Waals surface area contributed by atoms with E-state index in [9.17, 15) is 14.7 Å². The molecule has 0 saturated carbocycles. The van der Waals surface area contributed by atoms with Gasteiger partial charge in [-0.2, -0.15) is 14.7 Å². The van der Waals surface area contributed by atoms with Crippen LogP contribution in [0.2, 0.25) is 0 Å². The molecule has 2 bridgehead atoms. The number of carbonyl (C=O) groups excluding carboxylic acids is 2. The summed E-state index contributed by atoms with van der Waals surface area (Å²) in [5.74, 6) is 0.523. The molecule has 190 valence electrons. The molecule has 2 saturated heterocycles. The number of hydrogen-bond acceptors (Lipinski definition) is 8. The summed E-state index contributed by atoms with van der Waals surface area (Å²) in [5, 5.41) is 18.2. The van der Waals surface area contributed by atoms with E-state index < -0.39 is 6.61 Å². The zero-order valence-electron chi connectivity index (χ0n) is 20.7. The summed E-state index contributed by atoms with van der Waals surface area (Å²) in [5.41, 5.74) is 10.7. The Morgan fingerprint density at radius 1 is 1.11 bits per heavy atom. The standard InChI is InChI=1S/C26H28N8O3/c1-14-9-29-32(12-14)21-6-3-16(10-28-21)20-11-30-34-25(27)23(15(2)36)24(31-26(20)34)17-7-18-4-5-19(8-17)33(18)22(37)13-35/h3,6,9-12,17-19,35H,4-5,7-8,13,27H2,1-2H3/t18-,19-/m1/s1. The molecule has 6 rings (SSSR count). The third kappa shape index (κ3) is 3.77. The van der Waals surface area contributed by atoms with Gasteiger partial charge >= 0.3 is 0 Å². The molecule has 11 heteroatoms. The molecule has 37 heavy (non-hydrogen) atoms. The van der Waals surface area contributed by atoms with Gasteiger partial charge in [0.2, 0.25) is 5.91 Å². The molecule has 4 aromatic heterocycles. The van der Waals surface area contributed by atoms with Gasteiger partial charge in [0.25, 0.3) is 0 Å². The van der Waals surface area contributed by atoms with Crippen LogP contribution >= 0.6 is 0 Å². The van der Waals surface area contributed by atoms with E-state index in [0.29, 0.717) is 35.6 Å². The van der Waals surface area contributed by atoms with Crippen LogP contribution in [0.15, 0.2) is 36.9 Å². The van der Waals surface area contributed by atoms with Gasteiger partial charge < -0.3 is 15.7 Å². The fraction of sp³-hybridized carbons (Fsp3) is 0.385. The van der Waals surface area contributed by atoms with Gasteiger partial charge in [0, 0.05) is 41.5 Å². The number of amides is 1. The highest BCUT2D eigenvalue weighted by molar-refractivity contribution is 6.00. The van der Waals surface area contributed by atoms with E-state index in [1.165, 1.54) is 11.4 Å². The number of carbonyl (C=O) groups is 2. The topological polar surface area (TPSA) is 145 Å². The number of anilines is 1. The lowest BCUT2D eigenvalue weighted by Gasteiger charge is -2.39. The third-order valence-electron chi connectivity index (χ3n) is 7.61. The van der Waals surface area contributed by atoms with Crippen molar-refractivity contribution >= 4 is 23.2 Å². The third-order valence-corrected chi connectivity index (χ3v) is 7.61. The fourth-order valence-corrected chi connectivity index (χ4v) is 6.00. The number of nitrogens with two attached hydrogens (primary N) is 1. The van der Waals surface area contributed by atoms with Gasteiger partial charge in [0.15, 0.2) is 17.2 Å². The van der Waals surface area contributed by atoms with E-state index >= 15 is 0 Å². The van der Waals surface area contributed by atoms with Gasteiger partial charge in [0.1, 0.15) is 12.4 Å². The lowest BCUT2D eigenvalue weighted by atomic mass is 9.85. The highest BCUT2D eigenvalue weighted by atomic mass is 16.3. The van der Waals surface area contributed by atoms with Gasteiger partial charge in [-0.3, -0.25) is 9.59 Å². The number of aliphatic hydroxyl groups excluding tert-OH is 1. The Morgan fingerprint density at radius 2 is 1.86 bits per heavy atom.